The van der Waals surface area contributed by atoms with E-state index in [1.807, 2.05) is 0 Å². The third kappa shape index (κ3) is 2.75. The first-order valence-electron chi connectivity index (χ1n) is 3.94. The highest BCUT2D eigenvalue weighted by Gasteiger charge is 2.15. The van der Waals surface area contributed by atoms with E-state index in [4.69, 9.17) is 23.2 Å². The predicted molar refractivity (Wildman–Crippen MR) is 72.1 cm³/mol. The molecule has 2 aromatic rings. The molecule has 16 heavy (non-hydrogen) atoms. The minimum atomic E-state index is -0.310. The van der Waals surface area contributed by atoms with E-state index in [1.165, 1.54) is 17.4 Å². The second kappa shape index (κ2) is 5.01. The Morgan fingerprint density at radius 1 is 1.44 bits per heavy atom. The van der Waals surface area contributed by atoms with Crippen molar-refractivity contribution in [3.05, 3.63) is 30.3 Å². The van der Waals surface area contributed by atoms with Gasteiger partial charge in [0.2, 0.25) is 0 Å². The van der Waals surface area contributed by atoms with Gasteiger partial charge in [0, 0.05) is 0 Å². The molecule has 0 bridgehead atoms. The lowest BCUT2D eigenvalue weighted by molar-refractivity contribution is 0.102. The zero-order valence-corrected chi connectivity index (χ0v) is 12.2. The summed E-state index contributed by atoms with van der Waals surface area (Å²) in [4.78, 5) is 15.7. The van der Waals surface area contributed by atoms with Crippen molar-refractivity contribution in [1.82, 2.24) is 4.98 Å². The van der Waals surface area contributed by atoms with Crippen LogP contribution in [-0.2, 0) is 0 Å². The van der Waals surface area contributed by atoms with Gasteiger partial charge in [-0.05, 0) is 22.0 Å². The van der Waals surface area contributed by atoms with Gasteiger partial charge in [-0.1, -0.05) is 34.5 Å². The summed E-state index contributed by atoms with van der Waals surface area (Å²) < 4.78 is 1.70. The number of anilines is 1. The van der Waals surface area contributed by atoms with Crippen LogP contribution in [0.2, 0.25) is 8.67 Å². The highest BCUT2D eigenvalue weighted by molar-refractivity contribution is 9.11. The van der Waals surface area contributed by atoms with E-state index in [1.54, 1.807) is 6.20 Å². The lowest BCUT2D eigenvalue weighted by Gasteiger charge is -1.98. The number of rotatable bonds is 2. The van der Waals surface area contributed by atoms with Gasteiger partial charge in [-0.2, -0.15) is 0 Å². The van der Waals surface area contributed by atoms with Gasteiger partial charge in [-0.25, -0.2) is 4.98 Å². The molecule has 0 aliphatic rings. The molecule has 0 saturated carbocycles. The van der Waals surface area contributed by atoms with E-state index in [9.17, 15) is 4.79 Å². The van der Waals surface area contributed by atoms with Crippen molar-refractivity contribution < 1.29 is 4.79 Å². The molecule has 0 atom stereocenters. The molecule has 84 valence electrons. The average Bonchev–Trinajstić information content (AvgIpc) is 2.73. The number of amides is 1. The summed E-state index contributed by atoms with van der Waals surface area (Å²) in [5.41, 5.74) is 0.364. The van der Waals surface area contributed by atoms with E-state index in [-0.39, 0.29) is 5.91 Å². The third-order valence-corrected chi connectivity index (χ3v) is 4.48. The van der Waals surface area contributed by atoms with Crippen molar-refractivity contribution in [2.45, 2.75) is 0 Å². The van der Waals surface area contributed by atoms with Gasteiger partial charge in [0.1, 0.15) is 4.34 Å². The van der Waals surface area contributed by atoms with Crippen molar-refractivity contribution >= 4 is 72.8 Å². The number of nitrogens with zero attached hydrogens (tertiary/aromatic N) is 1. The van der Waals surface area contributed by atoms with Crippen LogP contribution in [0, 0.1) is 0 Å². The Kier molecular flexibility index (Phi) is 3.86. The van der Waals surface area contributed by atoms with Crippen LogP contribution in [0.3, 0.4) is 0 Å². The molecule has 0 aliphatic heterocycles. The summed E-state index contributed by atoms with van der Waals surface area (Å²) in [5.74, 6) is -0.310. The van der Waals surface area contributed by atoms with Crippen molar-refractivity contribution in [2.75, 3.05) is 5.32 Å². The van der Waals surface area contributed by atoms with Crippen LogP contribution in [0.25, 0.3) is 0 Å². The lowest BCUT2D eigenvalue weighted by atomic mass is 10.3. The summed E-state index contributed by atoms with van der Waals surface area (Å²) in [7, 11) is 0. The molecule has 0 saturated heterocycles. The van der Waals surface area contributed by atoms with E-state index < -0.39 is 0 Å². The van der Waals surface area contributed by atoms with Crippen molar-refractivity contribution in [3.63, 3.8) is 0 Å². The molecule has 8 heteroatoms. The summed E-state index contributed by atoms with van der Waals surface area (Å²) >= 11 is 17.3. The Balaban J connectivity index is 2.17. The fraction of sp³-hybridized carbons (Fsp3) is 0. The normalized spacial score (nSPS) is 10.4. The molecule has 0 aromatic carbocycles. The Bertz CT molecular complexity index is 540. The highest BCUT2D eigenvalue weighted by Crippen LogP contribution is 2.32. The second-order valence-electron chi connectivity index (χ2n) is 2.66. The van der Waals surface area contributed by atoms with Crippen LogP contribution in [0.5, 0.6) is 0 Å². The molecule has 0 radical (unpaired) electrons. The van der Waals surface area contributed by atoms with Gasteiger partial charge in [0.05, 0.1) is 19.9 Å². The smallest absolute Gasteiger partial charge is 0.259 e. The predicted octanol–water partition coefficient (Wildman–Crippen LogP) is 4.53. The number of nitrogens with one attached hydrogen (secondary N) is 1. The standard InChI is InChI=1S/C8H3BrCl2N2OS2/c9-4-2-12-8(15-4)13-7(14)3-1-5(10)16-6(3)11/h1-2H,(H,12,13,14). The molecule has 0 unspecified atom stereocenters. The first-order chi connectivity index (χ1) is 7.56. The second-order valence-corrected chi connectivity index (χ2v) is 7.36. The molecular weight excluding hydrogens is 355 g/mol. The first-order valence-corrected chi connectivity index (χ1v) is 7.12. The first kappa shape index (κ1) is 12.3. The molecule has 0 aliphatic carbocycles. The van der Waals surface area contributed by atoms with E-state index >= 15 is 0 Å². The van der Waals surface area contributed by atoms with E-state index in [2.05, 4.69) is 26.2 Å². The van der Waals surface area contributed by atoms with Crippen LogP contribution in [0.15, 0.2) is 16.0 Å². The number of thiophene rings is 1. The summed E-state index contributed by atoms with van der Waals surface area (Å²) in [6, 6.07) is 1.53. The van der Waals surface area contributed by atoms with Crippen LogP contribution in [-0.4, -0.2) is 10.9 Å². The van der Waals surface area contributed by atoms with Crippen molar-refractivity contribution in [2.24, 2.45) is 0 Å². The van der Waals surface area contributed by atoms with E-state index in [0.717, 1.165) is 15.1 Å². The number of thiazole rings is 1. The Morgan fingerprint density at radius 2 is 2.19 bits per heavy atom. The molecule has 3 nitrogen and oxygen atoms in total. The van der Waals surface area contributed by atoms with Gasteiger partial charge < -0.3 is 0 Å². The minimum absolute atomic E-state index is 0.310. The molecule has 2 rings (SSSR count). The summed E-state index contributed by atoms with van der Waals surface area (Å²) in [6.45, 7) is 0. The SMILES string of the molecule is O=C(Nc1ncc(Br)s1)c1cc(Cl)sc1Cl. The fourth-order valence-corrected chi connectivity index (χ4v) is 3.53. The van der Waals surface area contributed by atoms with Gasteiger partial charge in [-0.15, -0.1) is 11.3 Å². The molecule has 0 spiro atoms. The highest BCUT2D eigenvalue weighted by atomic mass is 79.9. The molecule has 0 fully saturated rings. The maximum absolute atomic E-state index is 11.8. The number of hydrogen-bond acceptors (Lipinski definition) is 4. The molecular formula is C8H3BrCl2N2OS2. The van der Waals surface area contributed by atoms with Crippen LogP contribution in [0.4, 0.5) is 5.13 Å². The number of halogens is 3. The monoisotopic (exact) mass is 356 g/mol. The molecule has 2 heterocycles. The molecule has 2 aromatic heterocycles. The minimum Gasteiger partial charge on any atom is -0.298 e. The Morgan fingerprint density at radius 3 is 2.69 bits per heavy atom. The fourth-order valence-electron chi connectivity index (χ4n) is 0.972. The number of hydrogen-bond donors (Lipinski definition) is 1. The van der Waals surface area contributed by atoms with Gasteiger partial charge in [0.15, 0.2) is 5.13 Å². The van der Waals surface area contributed by atoms with Crippen LogP contribution < -0.4 is 5.32 Å². The third-order valence-electron chi connectivity index (χ3n) is 1.60. The zero-order chi connectivity index (χ0) is 11.7. The summed E-state index contributed by atoms with van der Waals surface area (Å²) in [6.07, 6.45) is 1.61. The largest absolute Gasteiger partial charge is 0.298 e. The van der Waals surface area contributed by atoms with E-state index in [0.29, 0.717) is 19.4 Å². The molecule has 1 N–H and O–H groups in total. The Labute approximate surface area is 118 Å². The average molecular weight is 358 g/mol. The zero-order valence-electron chi connectivity index (χ0n) is 7.46. The number of carbonyl (C=O) groups is 1. The molecule has 1 amide bonds. The van der Waals surface area contributed by atoms with Gasteiger partial charge in [-0.3, -0.25) is 10.1 Å². The maximum atomic E-state index is 11.8. The van der Waals surface area contributed by atoms with Crippen LogP contribution >= 0.6 is 61.8 Å². The lowest BCUT2D eigenvalue weighted by Crippen LogP contribution is -2.10. The number of carbonyl (C=O) groups excluding carboxylic acids is 1. The number of aromatic nitrogens is 1. The van der Waals surface area contributed by atoms with Crippen molar-refractivity contribution in [1.29, 1.82) is 0 Å². The van der Waals surface area contributed by atoms with Crippen molar-refractivity contribution in [3.8, 4) is 0 Å². The van der Waals surface area contributed by atoms with Gasteiger partial charge in [0.25, 0.3) is 5.91 Å². The topological polar surface area (TPSA) is 42.0 Å². The maximum Gasteiger partial charge on any atom is 0.259 e. The Hall–Kier alpha value is -0.140. The van der Waals surface area contributed by atoms with Gasteiger partial charge >= 0.3 is 0 Å². The van der Waals surface area contributed by atoms with Crippen LogP contribution in [0.1, 0.15) is 10.4 Å². The quantitative estimate of drug-likeness (QED) is 0.858. The summed E-state index contributed by atoms with van der Waals surface area (Å²) in [5, 5.41) is 3.14.